The molecule has 3 nitrogen and oxygen atoms in total. The fraction of sp³-hybridized carbons (Fsp3) is 0.419. The van der Waals surface area contributed by atoms with Crippen molar-refractivity contribution in [3.05, 3.63) is 95.1 Å². The fourth-order valence-corrected chi connectivity index (χ4v) is 5.42. The maximum atomic E-state index is 6.18. The first-order valence-electron chi connectivity index (χ1n) is 12.7. The molecule has 3 aromatic carbocycles. The highest BCUT2D eigenvalue weighted by molar-refractivity contribution is 5.48. The molecule has 1 aliphatic carbocycles. The largest absolute Gasteiger partial charge is 0.491 e. The minimum absolute atomic E-state index is 0.200. The molecule has 1 aliphatic heterocycles. The molecule has 0 radical (unpaired) electrons. The van der Waals surface area contributed by atoms with Crippen LogP contribution in [0.2, 0.25) is 0 Å². The highest BCUT2D eigenvalue weighted by Crippen LogP contribution is 2.47. The number of hydrogen-bond donors (Lipinski definition) is 0. The Morgan fingerprint density at radius 2 is 1.62 bits per heavy atom. The van der Waals surface area contributed by atoms with E-state index >= 15 is 0 Å². The number of aryl methyl sites for hydroxylation is 1. The maximum absolute atomic E-state index is 6.18. The SMILES string of the molecule is CC(C)(C)Oc1ccc2c(c1)CCC(c1ccccc1)C2c1ccc(OCC2CCCO2)cc1. The highest BCUT2D eigenvalue weighted by Gasteiger charge is 2.32. The summed E-state index contributed by atoms with van der Waals surface area (Å²) in [6.45, 7) is 7.79. The number of fused-ring (bicyclic) bond motifs is 1. The number of hydrogen-bond acceptors (Lipinski definition) is 3. The van der Waals surface area contributed by atoms with E-state index in [2.05, 4.69) is 93.6 Å². The molecule has 0 bridgehead atoms. The quantitative estimate of drug-likeness (QED) is 0.390. The van der Waals surface area contributed by atoms with Crippen LogP contribution in [0.15, 0.2) is 72.8 Å². The van der Waals surface area contributed by atoms with E-state index in [0.29, 0.717) is 18.4 Å². The molecule has 0 aromatic heterocycles. The van der Waals surface area contributed by atoms with E-state index in [9.17, 15) is 0 Å². The topological polar surface area (TPSA) is 27.7 Å². The molecule has 1 fully saturated rings. The molecule has 3 aromatic rings. The van der Waals surface area contributed by atoms with Gasteiger partial charge in [-0.2, -0.15) is 0 Å². The first-order chi connectivity index (χ1) is 16.5. The van der Waals surface area contributed by atoms with Crippen molar-refractivity contribution in [1.82, 2.24) is 0 Å². The lowest BCUT2D eigenvalue weighted by Crippen LogP contribution is -2.24. The second kappa shape index (κ2) is 9.84. The third kappa shape index (κ3) is 5.31. The predicted molar refractivity (Wildman–Crippen MR) is 137 cm³/mol. The highest BCUT2D eigenvalue weighted by atomic mass is 16.5. The van der Waals surface area contributed by atoms with Gasteiger partial charge in [-0.25, -0.2) is 0 Å². The van der Waals surface area contributed by atoms with Crippen LogP contribution in [0.5, 0.6) is 11.5 Å². The normalized spacial score (nSPS) is 22.3. The van der Waals surface area contributed by atoms with Gasteiger partial charge in [0.1, 0.15) is 23.7 Å². The van der Waals surface area contributed by atoms with E-state index < -0.39 is 0 Å². The van der Waals surface area contributed by atoms with E-state index in [0.717, 1.165) is 43.8 Å². The number of ether oxygens (including phenoxy) is 3. The molecular weight excluding hydrogens is 420 g/mol. The van der Waals surface area contributed by atoms with Crippen LogP contribution in [0.3, 0.4) is 0 Å². The maximum Gasteiger partial charge on any atom is 0.120 e. The summed E-state index contributed by atoms with van der Waals surface area (Å²) in [5.41, 5.74) is 5.36. The average molecular weight is 457 g/mol. The lowest BCUT2D eigenvalue weighted by atomic mass is 9.69. The molecule has 34 heavy (non-hydrogen) atoms. The first-order valence-corrected chi connectivity index (χ1v) is 12.7. The summed E-state index contributed by atoms with van der Waals surface area (Å²) in [5, 5.41) is 0. The number of benzene rings is 3. The van der Waals surface area contributed by atoms with Gasteiger partial charge in [0.05, 0.1) is 6.10 Å². The molecule has 0 amide bonds. The predicted octanol–water partition coefficient (Wildman–Crippen LogP) is 7.28. The molecule has 1 heterocycles. The Hall–Kier alpha value is -2.78. The van der Waals surface area contributed by atoms with Gasteiger partial charge in [-0.15, -0.1) is 0 Å². The molecular formula is C31H36O3. The summed E-state index contributed by atoms with van der Waals surface area (Å²) in [7, 11) is 0. The summed E-state index contributed by atoms with van der Waals surface area (Å²) in [6, 6.07) is 26.4. The Labute approximate surface area is 204 Å². The van der Waals surface area contributed by atoms with E-state index in [1.165, 1.54) is 22.3 Å². The Morgan fingerprint density at radius 3 is 2.32 bits per heavy atom. The molecule has 3 heteroatoms. The van der Waals surface area contributed by atoms with Crippen molar-refractivity contribution >= 4 is 0 Å². The van der Waals surface area contributed by atoms with Crippen LogP contribution in [0, 0.1) is 0 Å². The lowest BCUT2D eigenvalue weighted by Gasteiger charge is -2.35. The van der Waals surface area contributed by atoms with Crippen molar-refractivity contribution < 1.29 is 14.2 Å². The van der Waals surface area contributed by atoms with Crippen LogP contribution in [0.4, 0.5) is 0 Å². The number of rotatable bonds is 6. The van der Waals surface area contributed by atoms with Gasteiger partial charge in [0.2, 0.25) is 0 Å². The van der Waals surface area contributed by atoms with Gasteiger partial charge in [-0.05, 0) is 98.9 Å². The Kier molecular flexibility index (Phi) is 6.65. The third-order valence-corrected chi connectivity index (χ3v) is 6.93. The van der Waals surface area contributed by atoms with Crippen molar-refractivity contribution in [3.63, 3.8) is 0 Å². The Morgan fingerprint density at radius 1 is 0.853 bits per heavy atom. The molecule has 178 valence electrons. The molecule has 2 aliphatic rings. The first kappa shape index (κ1) is 23.0. The van der Waals surface area contributed by atoms with E-state index in [4.69, 9.17) is 14.2 Å². The summed E-state index contributed by atoms with van der Waals surface area (Å²) >= 11 is 0. The summed E-state index contributed by atoms with van der Waals surface area (Å²) in [5.74, 6) is 2.63. The van der Waals surface area contributed by atoms with E-state index in [-0.39, 0.29) is 11.7 Å². The van der Waals surface area contributed by atoms with Crippen LogP contribution >= 0.6 is 0 Å². The standard InChI is InChI=1S/C31H36O3/c1-31(2,3)34-26-16-18-29-24(20-26)13-17-28(22-8-5-4-6-9-22)30(29)23-11-14-25(15-12-23)33-21-27-10-7-19-32-27/h4-6,8-9,11-12,14-16,18,20,27-28,30H,7,10,13,17,19,21H2,1-3H3. The molecule has 0 N–H and O–H groups in total. The van der Waals surface area contributed by atoms with Gasteiger partial charge in [0.25, 0.3) is 0 Å². The van der Waals surface area contributed by atoms with Crippen LogP contribution in [-0.2, 0) is 11.2 Å². The summed E-state index contributed by atoms with van der Waals surface area (Å²) < 4.78 is 17.9. The van der Waals surface area contributed by atoms with Crippen molar-refractivity contribution in [1.29, 1.82) is 0 Å². The minimum Gasteiger partial charge on any atom is -0.491 e. The van der Waals surface area contributed by atoms with Crippen molar-refractivity contribution in [2.24, 2.45) is 0 Å². The van der Waals surface area contributed by atoms with Crippen molar-refractivity contribution in [2.75, 3.05) is 13.2 Å². The minimum atomic E-state index is -0.200. The molecule has 0 spiro atoms. The van der Waals surface area contributed by atoms with Gasteiger partial charge in [0.15, 0.2) is 0 Å². The Balaban J connectivity index is 1.44. The summed E-state index contributed by atoms with van der Waals surface area (Å²) in [6.07, 6.45) is 4.65. The van der Waals surface area contributed by atoms with Gasteiger partial charge in [0, 0.05) is 12.5 Å². The van der Waals surface area contributed by atoms with Crippen LogP contribution in [0.25, 0.3) is 0 Å². The van der Waals surface area contributed by atoms with Gasteiger partial charge < -0.3 is 14.2 Å². The van der Waals surface area contributed by atoms with Crippen LogP contribution in [-0.4, -0.2) is 24.9 Å². The molecule has 0 saturated carbocycles. The third-order valence-electron chi connectivity index (χ3n) is 6.93. The zero-order chi connectivity index (χ0) is 23.5. The smallest absolute Gasteiger partial charge is 0.120 e. The van der Waals surface area contributed by atoms with E-state index in [1.54, 1.807) is 0 Å². The molecule has 1 saturated heterocycles. The van der Waals surface area contributed by atoms with Crippen LogP contribution < -0.4 is 9.47 Å². The molecule has 5 rings (SSSR count). The molecule has 3 unspecified atom stereocenters. The van der Waals surface area contributed by atoms with Crippen molar-refractivity contribution in [2.45, 2.75) is 70.0 Å². The summed E-state index contributed by atoms with van der Waals surface area (Å²) in [4.78, 5) is 0. The van der Waals surface area contributed by atoms with Gasteiger partial charge in [-0.1, -0.05) is 48.5 Å². The van der Waals surface area contributed by atoms with Gasteiger partial charge >= 0.3 is 0 Å². The zero-order valence-corrected chi connectivity index (χ0v) is 20.6. The van der Waals surface area contributed by atoms with E-state index in [1.807, 2.05) is 0 Å². The second-order valence-electron chi connectivity index (χ2n) is 10.6. The fourth-order valence-electron chi connectivity index (χ4n) is 5.42. The average Bonchev–Trinajstić information content (AvgIpc) is 3.36. The van der Waals surface area contributed by atoms with Gasteiger partial charge in [-0.3, -0.25) is 0 Å². The van der Waals surface area contributed by atoms with Crippen LogP contribution in [0.1, 0.15) is 74.1 Å². The monoisotopic (exact) mass is 456 g/mol. The zero-order valence-electron chi connectivity index (χ0n) is 20.6. The molecule has 3 atom stereocenters. The second-order valence-corrected chi connectivity index (χ2v) is 10.6. The Bertz CT molecular complexity index is 1080. The van der Waals surface area contributed by atoms with Crippen molar-refractivity contribution in [3.8, 4) is 11.5 Å². The lowest BCUT2D eigenvalue weighted by molar-refractivity contribution is 0.0679.